The van der Waals surface area contributed by atoms with E-state index in [-0.39, 0.29) is 5.91 Å². The van der Waals surface area contributed by atoms with Gasteiger partial charge in [0, 0.05) is 22.9 Å². The molecule has 0 aliphatic carbocycles. The van der Waals surface area contributed by atoms with E-state index in [0.717, 1.165) is 11.3 Å². The average Bonchev–Trinajstić information content (AvgIpc) is 2.87. The van der Waals surface area contributed by atoms with Crippen molar-refractivity contribution in [3.05, 3.63) is 47.7 Å². The van der Waals surface area contributed by atoms with Gasteiger partial charge in [0.05, 0.1) is 5.57 Å². The number of cyclic esters (lactones) is 1. The molecule has 96 valence electrons. The van der Waals surface area contributed by atoms with Crippen LogP contribution in [0, 0.1) is 0 Å². The normalized spacial score (nSPS) is 22.9. The summed E-state index contributed by atoms with van der Waals surface area (Å²) in [6.07, 6.45) is 2.13. The van der Waals surface area contributed by atoms with Crippen molar-refractivity contribution >= 4 is 23.1 Å². The molecule has 1 aromatic rings. The van der Waals surface area contributed by atoms with Gasteiger partial charge in [0.15, 0.2) is 0 Å². The van der Waals surface area contributed by atoms with E-state index in [4.69, 9.17) is 9.47 Å². The summed E-state index contributed by atoms with van der Waals surface area (Å²) in [7, 11) is 0. The molecule has 0 aromatic heterocycles. The number of nitrogens with one attached hydrogen (secondary N) is 1. The van der Waals surface area contributed by atoms with Gasteiger partial charge in [-0.15, -0.1) is 0 Å². The molecule has 1 atom stereocenters. The molecule has 0 bridgehead atoms. The second-order valence-corrected chi connectivity index (χ2v) is 4.29. The van der Waals surface area contributed by atoms with Gasteiger partial charge >= 0.3 is 5.97 Å². The Morgan fingerprint density at radius 1 is 1.32 bits per heavy atom. The highest BCUT2D eigenvalue weighted by Gasteiger charge is 2.26. The molecule has 1 aromatic carbocycles. The molecule has 0 saturated carbocycles. The highest BCUT2D eigenvalue weighted by molar-refractivity contribution is 6.31. The Kier molecular flexibility index (Phi) is 2.59. The molecule has 0 spiro atoms. The van der Waals surface area contributed by atoms with Crippen molar-refractivity contribution in [3.63, 3.8) is 0 Å². The number of esters is 1. The summed E-state index contributed by atoms with van der Waals surface area (Å²) in [5.41, 5.74) is 2.44. The van der Waals surface area contributed by atoms with Crippen LogP contribution in [0.1, 0.15) is 12.5 Å². The van der Waals surface area contributed by atoms with Crippen LogP contribution in [0.15, 0.2) is 42.2 Å². The van der Waals surface area contributed by atoms with Gasteiger partial charge in [0.25, 0.3) is 12.2 Å². The molecular weight excluding hydrogens is 246 g/mol. The summed E-state index contributed by atoms with van der Waals surface area (Å²) in [5, 5.41) is 2.73. The molecule has 0 fully saturated rings. The number of amides is 1. The predicted molar refractivity (Wildman–Crippen MR) is 67.8 cm³/mol. The third kappa shape index (κ3) is 1.99. The van der Waals surface area contributed by atoms with Gasteiger partial charge in [-0.3, -0.25) is 4.79 Å². The van der Waals surface area contributed by atoms with Crippen molar-refractivity contribution in [3.8, 4) is 0 Å². The lowest BCUT2D eigenvalue weighted by Gasteiger charge is -2.07. The Hall–Kier alpha value is -2.56. The van der Waals surface area contributed by atoms with Crippen molar-refractivity contribution in [2.24, 2.45) is 0 Å². The molecule has 1 unspecified atom stereocenters. The molecule has 2 heterocycles. The maximum Gasteiger partial charge on any atom is 0.336 e. The van der Waals surface area contributed by atoms with Crippen molar-refractivity contribution in [2.45, 2.75) is 13.2 Å². The van der Waals surface area contributed by atoms with Gasteiger partial charge in [0.1, 0.15) is 6.26 Å². The topological polar surface area (TPSA) is 64.6 Å². The largest absolute Gasteiger partial charge is 0.458 e. The van der Waals surface area contributed by atoms with E-state index in [9.17, 15) is 9.59 Å². The number of hydrogen-bond donors (Lipinski definition) is 1. The third-order valence-electron chi connectivity index (χ3n) is 2.96. The fraction of sp³-hybridized carbons (Fsp3) is 0.143. The first kappa shape index (κ1) is 11.5. The number of carbonyl (C=O) groups excluding carboxylic acids is 2. The van der Waals surface area contributed by atoms with Gasteiger partial charge in [-0.05, 0) is 13.0 Å². The third-order valence-corrected chi connectivity index (χ3v) is 2.96. The number of para-hydroxylation sites is 1. The van der Waals surface area contributed by atoms with Crippen LogP contribution in [-0.2, 0) is 19.1 Å². The molecule has 5 nitrogen and oxygen atoms in total. The van der Waals surface area contributed by atoms with Crippen molar-refractivity contribution in [1.82, 2.24) is 0 Å². The molecule has 1 N–H and O–H groups in total. The van der Waals surface area contributed by atoms with E-state index in [2.05, 4.69) is 5.32 Å². The second-order valence-electron chi connectivity index (χ2n) is 4.29. The van der Waals surface area contributed by atoms with Crippen LogP contribution in [0.4, 0.5) is 5.69 Å². The Morgan fingerprint density at radius 3 is 2.84 bits per heavy atom. The monoisotopic (exact) mass is 257 g/mol. The van der Waals surface area contributed by atoms with Gasteiger partial charge < -0.3 is 14.8 Å². The van der Waals surface area contributed by atoms with Crippen LogP contribution in [-0.4, -0.2) is 18.2 Å². The average molecular weight is 257 g/mol. The summed E-state index contributed by atoms with van der Waals surface area (Å²) in [6, 6.07) is 7.32. The molecule has 19 heavy (non-hydrogen) atoms. The van der Waals surface area contributed by atoms with E-state index in [1.807, 2.05) is 24.3 Å². The lowest BCUT2D eigenvalue weighted by Crippen LogP contribution is -2.10. The van der Waals surface area contributed by atoms with Gasteiger partial charge in [-0.25, -0.2) is 4.79 Å². The zero-order valence-electron chi connectivity index (χ0n) is 10.2. The van der Waals surface area contributed by atoms with Crippen LogP contribution in [0.3, 0.4) is 0 Å². The first-order chi connectivity index (χ1) is 9.15. The molecule has 0 radical (unpaired) electrons. The molecule has 5 heteroatoms. The summed E-state index contributed by atoms with van der Waals surface area (Å²) >= 11 is 0. The molecule has 3 rings (SSSR count). The Bertz CT molecular complexity index is 630. The minimum absolute atomic E-state index is 0.230. The van der Waals surface area contributed by atoms with Gasteiger partial charge in [0.2, 0.25) is 0 Å². The Labute approximate surface area is 109 Å². The van der Waals surface area contributed by atoms with Crippen LogP contribution < -0.4 is 5.32 Å². The lowest BCUT2D eigenvalue weighted by atomic mass is 10.1. The number of benzene rings is 1. The maximum atomic E-state index is 11.8. The minimum Gasteiger partial charge on any atom is -0.458 e. The van der Waals surface area contributed by atoms with Crippen molar-refractivity contribution in [2.75, 3.05) is 5.32 Å². The van der Waals surface area contributed by atoms with Crippen LogP contribution in [0.2, 0.25) is 0 Å². The van der Waals surface area contributed by atoms with E-state index in [1.54, 1.807) is 13.0 Å². The number of carbonyl (C=O) groups is 2. The van der Waals surface area contributed by atoms with E-state index in [0.29, 0.717) is 11.1 Å². The number of hydrogen-bond acceptors (Lipinski definition) is 4. The van der Waals surface area contributed by atoms with Crippen molar-refractivity contribution < 1.29 is 19.1 Å². The first-order valence-electron chi connectivity index (χ1n) is 5.81. The zero-order valence-corrected chi connectivity index (χ0v) is 10.2. The molecule has 0 saturated heterocycles. The van der Waals surface area contributed by atoms with Crippen LogP contribution in [0.5, 0.6) is 0 Å². The van der Waals surface area contributed by atoms with E-state index >= 15 is 0 Å². The Morgan fingerprint density at radius 2 is 2.11 bits per heavy atom. The summed E-state index contributed by atoms with van der Waals surface area (Å²) in [6.45, 7) is 1.65. The number of anilines is 1. The van der Waals surface area contributed by atoms with Crippen LogP contribution in [0.25, 0.3) is 5.57 Å². The number of fused-ring (bicyclic) bond motifs is 1. The molecule has 2 aliphatic heterocycles. The molecular formula is C14H11NO4. The molecule has 1 amide bonds. The van der Waals surface area contributed by atoms with Crippen molar-refractivity contribution in [1.29, 1.82) is 0 Å². The SMILES string of the molecule is CC1=CC(OC=C2C(=O)Nc3ccccc32)OC1=O. The van der Waals surface area contributed by atoms with E-state index < -0.39 is 12.3 Å². The number of ether oxygens (including phenoxy) is 2. The smallest absolute Gasteiger partial charge is 0.336 e. The van der Waals surface area contributed by atoms with Crippen LogP contribution >= 0.6 is 0 Å². The van der Waals surface area contributed by atoms with Gasteiger partial charge in [-0.1, -0.05) is 18.2 Å². The second kappa shape index (κ2) is 4.28. The fourth-order valence-electron chi connectivity index (χ4n) is 1.96. The predicted octanol–water partition coefficient (Wildman–Crippen LogP) is 1.83. The summed E-state index contributed by atoms with van der Waals surface area (Å²) < 4.78 is 10.2. The quantitative estimate of drug-likeness (QED) is 0.498. The Balaban J connectivity index is 1.82. The molecule has 2 aliphatic rings. The summed E-state index contributed by atoms with van der Waals surface area (Å²) in [4.78, 5) is 23.0. The first-order valence-corrected chi connectivity index (χ1v) is 5.81. The van der Waals surface area contributed by atoms with E-state index in [1.165, 1.54) is 6.26 Å². The standard InChI is InChI=1S/C14H11NO4/c1-8-6-12(19-14(8)17)18-7-10-9-4-2-3-5-11(9)15-13(10)16/h2-7,12H,1H3,(H,15,16). The highest BCUT2D eigenvalue weighted by atomic mass is 16.7. The highest BCUT2D eigenvalue weighted by Crippen LogP contribution is 2.31. The number of rotatable bonds is 2. The zero-order chi connectivity index (χ0) is 13.4. The van der Waals surface area contributed by atoms with Gasteiger partial charge in [-0.2, -0.15) is 0 Å². The maximum absolute atomic E-state index is 11.8. The fourth-order valence-corrected chi connectivity index (χ4v) is 1.96. The minimum atomic E-state index is -0.763. The lowest BCUT2D eigenvalue weighted by molar-refractivity contribution is -0.152. The summed E-state index contributed by atoms with van der Waals surface area (Å²) in [5.74, 6) is -0.633.